The van der Waals surface area contributed by atoms with E-state index in [-0.39, 0.29) is 24.0 Å². The average molecular weight is 377 g/mol. The van der Waals surface area contributed by atoms with Gasteiger partial charge in [0.05, 0.1) is 0 Å². The fourth-order valence-electron chi connectivity index (χ4n) is 2.33. The molecule has 1 aliphatic heterocycles. The molecule has 2 heterocycles. The highest BCUT2D eigenvalue weighted by molar-refractivity contribution is 14.0. The molecule has 0 saturated carbocycles. The lowest BCUT2D eigenvalue weighted by molar-refractivity contribution is 0.428. The summed E-state index contributed by atoms with van der Waals surface area (Å²) in [5.74, 6) is 0.707. The predicted molar refractivity (Wildman–Crippen MR) is 88.9 cm³/mol. The lowest BCUT2D eigenvalue weighted by Gasteiger charge is -2.21. The molecule has 0 amide bonds. The first-order valence-electron chi connectivity index (χ1n) is 6.79. The highest BCUT2D eigenvalue weighted by Gasteiger charge is 2.10. The van der Waals surface area contributed by atoms with Crippen LogP contribution in [-0.4, -0.2) is 40.3 Å². The van der Waals surface area contributed by atoms with E-state index in [1.165, 1.54) is 31.4 Å². The topological polar surface area (TPSA) is 59.4 Å². The van der Waals surface area contributed by atoms with E-state index >= 15 is 0 Å². The fraction of sp³-hybridized carbons (Fsp3) is 0.692. The van der Waals surface area contributed by atoms with Crippen molar-refractivity contribution < 1.29 is 0 Å². The quantitative estimate of drug-likeness (QED) is 0.496. The van der Waals surface area contributed by atoms with Crippen LogP contribution >= 0.6 is 24.0 Å². The van der Waals surface area contributed by atoms with E-state index in [1.54, 1.807) is 0 Å². The van der Waals surface area contributed by atoms with E-state index in [2.05, 4.69) is 15.0 Å². The molecule has 1 aromatic heterocycles. The second-order valence-corrected chi connectivity index (χ2v) is 4.84. The van der Waals surface area contributed by atoms with Crippen molar-refractivity contribution in [3.05, 3.63) is 18.0 Å². The second kappa shape index (κ2) is 8.39. The van der Waals surface area contributed by atoms with E-state index in [0.29, 0.717) is 5.96 Å². The molecule has 1 fully saturated rings. The molecule has 2 N–H and O–H groups in total. The first kappa shape index (κ1) is 16.3. The van der Waals surface area contributed by atoms with Gasteiger partial charge in [0.2, 0.25) is 0 Å². The van der Waals surface area contributed by atoms with Crippen molar-refractivity contribution in [1.29, 1.82) is 0 Å². The van der Waals surface area contributed by atoms with E-state index in [9.17, 15) is 0 Å². The molecule has 2 rings (SSSR count). The van der Waals surface area contributed by atoms with Gasteiger partial charge in [-0.2, -0.15) is 5.10 Å². The van der Waals surface area contributed by atoms with E-state index in [1.807, 2.05) is 24.0 Å². The monoisotopic (exact) mass is 377 g/mol. The molecule has 0 radical (unpaired) electrons. The van der Waals surface area contributed by atoms with Crippen molar-refractivity contribution >= 4 is 29.9 Å². The Morgan fingerprint density at radius 3 is 2.58 bits per heavy atom. The van der Waals surface area contributed by atoms with Crippen LogP contribution < -0.4 is 5.73 Å². The van der Waals surface area contributed by atoms with Gasteiger partial charge in [-0.3, -0.25) is 9.67 Å². The standard InChI is InChI=1S/C13H23N5.HI/c1-17-12(7-9-16-17)6-8-15-13(14)18-10-4-2-3-5-11-18;/h7,9H,2-6,8,10-11H2,1H3,(H2,14,15);1H. The Hall–Kier alpha value is -0.790. The molecular formula is C13H24IN5. The van der Waals surface area contributed by atoms with Gasteiger partial charge in [-0.15, -0.1) is 24.0 Å². The van der Waals surface area contributed by atoms with Crippen LogP contribution in [0.15, 0.2) is 17.3 Å². The normalized spacial score (nSPS) is 16.9. The minimum atomic E-state index is 0. The van der Waals surface area contributed by atoms with Crippen LogP contribution in [0.5, 0.6) is 0 Å². The van der Waals surface area contributed by atoms with Crippen molar-refractivity contribution in [1.82, 2.24) is 14.7 Å². The molecule has 1 aliphatic rings. The summed E-state index contributed by atoms with van der Waals surface area (Å²) in [6.45, 7) is 2.85. The minimum absolute atomic E-state index is 0. The number of aryl methyl sites for hydroxylation is 1. The third-order valence-corrected chi connectivity index (χ3v) is 3.49. The maximum atomic E-state index is 6.05. The number of nitrogens with zero attached hydrogens (tertiary/aromatic N) is 4. The third kappa shape index (κ3) is 5.00. The summed E-state index contributed by atoms with van der Waals surface area (Å²) in [7, 11) is 1.96. The third-order valence-electron chi connectivity index (χ3n) is 3.49. The molecule has 0 spiro atoms. The summed E-state index contributed by atoms with van der Waals surface area (Å²) >= 11 is 0. The predicted octanol–water partition coefficient (Wildman–Crippen LogP) is 1.77. The summed E-state index contributed by atoms with van der Waals surface area (Å²) in [6.07, 6.45) is 7.82. The Morgan fingerprint density at radius 1 is 1.32 bits per heavy atom. The minimum Gasteiger partial charge on any atom is -0.370 e. The maximum absolute atomic E-state index is 6.05. The van der Waals surface area contributed by atoms with Crippen molar-refractivity contribution in [3.8, 4) is 0 Å². The SMILES string of the molecule is Cn1nccc1CCN=C(N)N1CCCCCC1.I. The number of likely N-dealkylation sites (tertiary alicyclic amines) is 1. The number of rotatable bonds is 3. The maximum Gasteiger partial charge on any atom is 0.191 e. The average Bonchev–Trinajstić information content (AvgIpc) is 2.64. The van der Waals surface area contributed by atoms with Crippen molar-refractivity contribution in [2.75, 3.05) is 19.6 Å². The molecular weight excluding hydrogens is 353 g/mol. The number of hydrogen-bond donors (Lipinski definition) is 1. The van der Waals surface area contributed by atoms with Crippen LogP contribution in [0.1, 0.15) is 31.4 Å². The number of aliphatic imine (C=N–C) groups is 1. The Balaban J connectivity index is 0.00000180. The Labute approximate surface area is 132 Å². The van der Waals surface area contributed by atoms with Gasteiger partial charge in [0.15, 0.2) is 5.96 Å². The molecule has 6 heteroatoms. The number of aromatic nitrogens is 2. The van der Waals surface area contributed by atoms with Crippen LogP contribution in [-0.2, 0) is 13.5 Å². The Bertz CT molecular complexity index is 393. The van der Waals surface area contributed by atoms with Crippen LogP contribution in [0, 0.1) is 0 Å². The van der Waals surface area contributed by atoms with Crippen LogP contribution in [0.25, 0.3) is 0 Å². The van der Waals surface area contributed by atoms with Gasteiger partial charge < -0.3 is 10.6 Å². The van der Waals surface area contributed by atoms with E-state index in [4.69, 9.17) is 5.73 Å². The summed E-state index contributed by atoms with van der Waals surface area (Å²) in [5, 5.41) is 4.14. The van der Waals surface area contributed by atoms with Gasteiger partial charge in [-0.1, -0.05) is 12.8 Å². The summed E-state index contributed by atoms with van der Waals surface area (Å²) < 4.78 is 1.89. The Morgan fingerprint density at radius 2 is 2.00 bits per heavy atom. The Kier molecular flexibility index (Phi) is 7.19. The molecule has 1 aromatic rings. The molecule has 0 unspecified atom stereocenters. The molecule has 0 bridgehead atoms. The zero-order valence-corrected chi connectivity index (χ0v) is 13.9. The van der Waals surface area contributed by atoms with Gasteiger partial charge in [0.1, 0.15) is 0 Å². The smallest absolute Gasteiger partial charge is 0.191 e. The largest absolute Gasteiger partial charge is 0.370 e. The second-order valence-electron chi connectivity index (χ2n) is 4.84. The highest BCUT2D eigenvalue weighted by Crippen LogP contribution is 2.09. The van der Waals surface area contributed by atoms with Crippen LogP contribution in [0.3, 0.4) is 0 Å². The van der Waals surface area contributed by atoms with Gasteiger partial charge in [0, 0.05) is 45.0 Å². The molecule has 1 saturated heterocycles. The zero-order valence-electron chi connectivity index (χ0n) is 11.6. The molecule has 5 nitrogen and oxygen atoms in total. The molecule has 0 atom stereocenters. The summed E-state index contributed by atoms with van der Waals surface area (Å²) in [4.78, 5) is 6.70. The molecule has 0 aromatic carbocycles. The summed E-state index contributed by atoms with van der Waals surface area (Å²) in [5.41, 5.74) is 7.25. The zero-order chi connectivity index (χ0) is 12.8. The number of halogens is 1. The molecule has 108 valence electrons. The highest BCUT2D eigenvalue weighted by atomic mass is 127. The van der Waals surface area contributed by atoms with Crippen molar-refractivity contribution in [2.24, 2.45) is 17.8 Å². The lowest BCUT2D eigenvalue weighted by Crippen LogP contribution is -2.38. The first-order chi connectivity index (χ1) is 8.77. The summed E-state index contributed by atoms with van der Waals surface area (Å²) in [6, 6.07) is 2.03. The van der Waals surface area contributed by atoms with Crippen molar-refractivity contribution in [3.63, 3.8) is 0 Å². The molecule has 0 aliphatic carbocycles. The molecule has 19 heavy (non-hydrogen) atoms. The van der Waals surface area contributed by atoms with E-state index in [0.717, 1.165) is 26.1 Å². The van der Waals surface area contributed by atoms with Crippen molar-refractivity contribution in [2.45, 2.75) is 32.1 Å². The fourth-order valence-corrected chi connectivity index (χ4v) is 2.33. The number of hydrogen-bond acceptors (Lipinski definition) is 2. The van der Waals surface area contributed by atoms with Gasteiger partial charge in [-0.05, 0) is 18.9 Å². The number of nitrogens with two attached hydrogens (primary N) is 1. The lowest BCUT2D eigenvalue weighted by atomic mass is 10.2. The van der Waals surface area contributed by atoms with Crippen LogP contribution in [0.4, 0.5) is 0 Å². The first-order valence-corrected chi connectivity index (χ1v) is 6.79. The number of guanidine groups is 1. The van der Waals surface area contributed by atoms with Gasteiger partial charge in [-0.25, -0.2) is 0 Å². The van der Waals surface area contributed by atoms with Gasteiger partial charge in [0.25, 0.3) is 0 Å². The van der Waals surface area contributed by atoms with E-state index < -0.39 is 0 Å². The van der Waals surface area contributed by atoms with Crippen LogP contribution in [0.2, 0.25) is 0 Å². The van der Waals surface area contributed by atoms with Gasteiger partial charge >= 0.3 is 0 Å².